The van der Waals surface area contributed by atoms with Crippen LogP contribution in [0.15, 0.2) is 0 Å². The summed E-state index contributed by atoms with van der Waals surface area (Å²) < 4.78 is 11.7. The summed E-state index contributed by atoms with van der Waals surface area (Å²) in [4.78, 5) is 14.4. The fourth-order valence-corrected chi connectivity index (χ4v) is 3.81. The van der Waals surface area contributed by atoms with Gasteiger partial charge in [0, 0.05) is 38.7 Å². The van der Waals surface area contributed by atoms with Crippen molar-refractivity contribution in [1.29, 1.82) is 0 Å². The van der Waals surface area contributed by atoms with E-state index < -0.39 is 0 Å². The Morgan fingerprint density at radius 3 is 2.74 bits per heavy atom. The van der Waals surface area contributed by atoms with Gasteiger partial charge in [-0.05, 0) is 31.1 Å². The molecule has 1 amide bonds. The van der Waals surface area contributed by atoms with Gasteiger partial charge in [-0.15, -0.1) is 0 Å². The summed E-state index contributed by atoms with van der Waals surface area (Å²) in [5, 5.41) is 3.04. The highest BCUT2D eigenvalue weighted by Crippen LogP contribution is 2.27. The maximum atomic E-state index is 12.0. The molecule has 0 spiro atoms. The molecular formula is C22H44N2O3. The molecule has 1 heterocycles. The highest BCUT2D eigenvalue weighted by atomic mass is 16.5. The Labute approximate surface area is 167 Å². The Hall–Kier alpha value is -0.650. The molecule has 1 rings (SSSR count). The highest BCUT2D eigenvalue weighted by molar-refractivity contribution is 5.78. The number of morpholine rings is 1. The molecule has 2 atom stereocenters. The number of rotatable bonds is 14. The van der Waals surface area contributed by atoms with E-state index in [1.165, 1.54) is 19.3 Å². The van der Waals surface area contributed by atoms with Gasteiger partial charge in [-0.1, -0.05) is 47.5 Å². The van der Waals surface area contributed by atoms with Crippen molar-refractivity contribution >= 4 is 5.91 Å². The van der Waals surface area contributed by atoms with Gasteiger partial charge in [0.1, 0.15) is 0 Å². The summed E-state index contributed by atoms with van der Waals surface area (Å²) in [6, 6.07) is 0. The van der Waals surface area contributed by atoms with Crippen LogP contribution in [0.3, 0.4) is 0 Å². The molecule has 1 aliphatic heterocycles. The summed E-state index contributed by atoms with van der Waals surface area (Å²) in [6.45, 7) is 16.8. The molecule has 1 N–H and O–H groups in total. The lowest BCUT2D eigenvalue weighted by atomic mass is 9.83. The molecule has 0 aliphatic carbocycles. The van der Waals surface area contributed by atoms with E-state index in [0.29, 0.717) is 12.0 Å². The second kappa shape index (κ2) is 13.5. The second-order valence-corrected chi connectivity index (χ2v) is 8.86. The minimum atomic E-state index is 0.0883. The van der Waals surface area contributed by atoms with E-state index in [-0.39, 0.29) is 17.9 Å². The predicted octanol–water partition coefficient (Wildman–Crippen LogP) is 3.86. The fraction of sp³-hybridized carbons (Fsp3) is 0.955. The molecule has 0 radical (unpaired) electrons. The molecule has 5 heteroatoms. The molecule has 1 aliphatic rings. The Balaban J connectivity index is 2.12. The third-order valence-electron chi connectivity index (χ3n) is 5.52. The number of nitrogens with one attached hydrogen (secondary N) is 1. The Bertz CT molecular complexity index is 401. The first kappa shape index (κ1) is 24.4. The zero-order valence-corrected chi connectivity index (χ0v) is 18.5. The van der Waals surface area contributed by atoms with Crippen LogP contribution in [0.2, 0.25) is 0 Å². The second-order valence-electron chi connectivity index (χ2n) is 8.86. The summed E-state index contributed by atoms with van der Waals surface area (Å²) >= 11 is 0. The number of amides is 1. The van der Waals surface area contributed by atoms with E-state index in [1.807, 2.05) is 6.92 Å². The summed E-state index contributed by atoms with van der Waals surface area (Å²) in [5.41, 5.74) is 0.439. The van der Waals surface area contributed by atoms with Gasteiger partial charge in [0.05, 0.1) is 19.3 Å². The first-order valence-corrected chi connectivity index (χ1v) is 11.1. The van der Waals surface area contributed by atoms with Crippen molar-refractivity contribution in [2.45, 2.75) is 79.2 Å². The van der Waals surface area contributed by atoms with Crippen LogP contribution in [0.25, 0.3) is 0 Å². The van der Waals surface area contributed by atoms with E-state index in [2.05, 4.69) is 37.9 Å². The lowest BCUT2D eigenvalue weighted by Gasteiger charge is -2.33. The van der Waals surface area contributed by atoms with Crippen molar-refractivity contribution in [3.63, 3.8) is 0 Å². The zero-order chi connectivity index (χ0) is 20.1. The average molecular weight is 385 g/mol. The molecule has 1 fully saturated rings. The number of carbonyl (C=O) groups excluding carboxylic acids is 1. The topological polar surface area (TPSA) is 50.8 Å². The van der Waals surface area contributed by atoms with E-state index in [1.54, 1.807) is 0 Å². The van der Waals surface area contributed by atoms with Gasteiger partial charge in [-0.2, -0.15) is 0 Å². The van der Waals surface area contributed by atoms with Crippen LogP contribution in [0.5, 0.6) is 0 Å². The van der Waals surface area contributed by atoms with Gasteiger partial charge in [0.25, 0.3) is 0 Å². The first-order valence-electron chi connectivity index (χ1n) is 11.1. The van der Waals surface area contributed by atoms with Gasteiger partial charge in [0.15, 0.2) is 0 Å². The quantitative estimate of drug-likeness (QED) is 0.462. The average Bonchev–Trinajstić information content (AvgIpc) is 2.63. The fourth-order valence-electron chi connectivity index (χ4n) is 3.81. The molecule has 1 unspecified atom stereocenters. The standard InChI is InChI=1S/C22H44N2O3/c1-6-9-19(3)21(25)23-17-20-18-24(13-16-27-20)12-15-26-14-8-11-22(4,5)10-7-2/h19-20H,6-18H2,1-5H3,(H,23,25)/t19?,20-/m0/s1. The van der Waals surface area contributed by atoms with Crippen LogP contribution < -0.4 is 5.32 Å². The Kier molecular flexibility index (Phi) is 12.2. The minimum Gasteiger partial charge on any atom is -0.380 e. The number of carbonyl (C=O) groups is 1. The molecule has 160 valence electrons. The lowest BCUT2D eigenvalue weighted by molar-refractivity contribution is -0.126. The van der Waals surface area contributed by atoms with Crippen molar-refractivity contribution in [2.24, 2.45) is 11.3 Å². The smallest absolute Gasteiger partial charge is 0.222 e. The molecular weight excluding hydrogens is 340 g/mol. The molecule has 0 bridgehead atoms. The van der Waals surface area contributed by atoms with E-state index in [4.69, 9.17) is 9.47 Å². The molecule has 1 saturated heterocycles. The summed E-state index contributed by atoms with van der Waals surface area (Å²) in [6.07, 6.45) is 6.98. The number of nitrogens with zero attached hydrogens (tertiary/aromatic N) is 1. The number of ether oxygens (including phenoxy) is 2. The Morgan fingerprint density at radius 1 is 1.26 bits per heavy atom. The molecule has 0 aromatic heterocycles. The van der Waals surface area contributed by atoms with Crippen LogP contribution in [0, 0.1) is 11.3 Å². The van der Waals surface area contributed by atoms with Crippen molar-refractivity contribution in [2.75, 3.05) is 46.0 Å². The summed E-state index contributed by atoms with van der Waals surface area (Å²) in [5.74, 6) is 0.234. The third kappa shape index (κ3) is 11.1. The molecule has 0 aromatic rings. The third-order valence-corrected chi connectivity index (χ3v) is 5.52. The van der Waals surface area contributed by atoms with Gasteiger partial charge in [0.2, 0.25) is 5.91 Å². The normalized spacial score (nSPS) is 19.8. The minimum absolute atomic E-state index is 0.0883. The van der Waals surface area contributed by atoms with E-state index in [9.17, 15) is 4.79 Å². The number of hydrogen-bond acceptors (Lipinski definition) is 4. The monoisotopic (exact) mass is 384 g/mol. The largest absolute Gasteiger partial charge is 0.380 e. The Morgan fingerprint density at radius 2 is 2.04 bits per heavy atom. The van der Waals surface area contributed by atoms with Crippen LogP contribution >= 0.6 is 0 Å². The van der Waals surface area contributed by atoms with Crippen LogP contribution in [0.4, 0.5) is 0 Å². The summed E-state index contributed by atoms with van der Waals surface area (Å²) in [7, 11) is 0. The van der Waals surface area contributed by atoms with Crippen molar-refractivity contribution in [3.05, 3.63) is 0 Å². The highest BCUT2D eigenvalue weighted by Gasteiger charge is 2.22. The maximum absolute atomic E-state index is 12.0. The van der Waals surface area contributed by atoms with Gasteiger partial charge in [-0.25, -0.2) is 0 Å². The first-order chi connectivity index (χ1) is 12.9. The van der Waals surface area contributed by atoms with Crippen molar-refractivity contribution < 1.29 is 14.3 Å². The van der Waals surface area contributed by atoms with Crippen molar-refractivity contribution in [3.8, 4) is 0 Å². The van der Waals surface area contributed by atoms with Crippen LogP contribution in [-0.2, 0) is 14.3 Å². The predicted molar refractivity (Wildman–Crippen MR) is 112 cm³/mol. The van der Waals surface area contributed by atoms with Gasteiger partial charge >= 0.3 is 0 Å². The molecule has 5 nitrogen and oxygen atoms in total. The SMILES string of the molecule is CCCC(C)C(=O)NC[C@H]1CN(CCOCCCC(C)(C)CCC)CCO1. The van der Waals surface area contributed by atoms with Crippen LogP contribution in [0.1, 0.15) is 73.1 Å². The van der Waals surface area contributed by atoms with Crippen molar-refractivity contribution in [1.82, 2.24) is 10.2 Å². The molecule has 0 aromatic carbocycles. The molecule has 27 heavy (non-hydrogen) atoms. The van der Waals surface area contributed by atoms with E-state index >= 15 is 0 Å². The number of hydrogen-bond donors (Lipinski definition) is 1. The lowest BCUT2D eigenvalue weighted by Crippen LogP contribution is -2.48. The van der Waals surface area contributed by atoms with Gasteiger partial charge in [-0.3, -0.25) is 9.69 Å². The zero-order valence-electron chi connectivity index (χ0n) is 18.5. The molecule has 0 saturated carbocycles. The van der Waals surface area contributed by atoms with E-state index in [0.717, 1.165) is 58.7 Å². The maximum Gasteiger partial charge on any atom is 0.222 e. The van der Waals surface area contributed by atoms with Crippen LogP contribution in [-0.4, -0.2) is 62.9 Å². The van der Waals surface area contributed by atoms with Gasteiger partial charge < -0.3 is 14.8 Å².